The van der Waals surface area contributed by atoms with Crippen molar-refractivity contribution in [1.82, 2.24) is 5.32 Å². The van der Waals surface area contributed by atoms with E-state index >= 15 is 0 Å². The number of hydrogen-bond acceptors (Lipinski definition) is 5. The van der Waals surface area contributed by atoms with E-state index in [4.69, 9.17) is 4.74 Å². The molecule has 2 atom stereocenters. The molecule has 1 heterocycles. The van der Waals surface area contributed by atoms with Crippen LogP contribution in [0.4, 0.5) is 5.69 Å². The summed E-state index contributed by atoms with van der Waals surface area (Å²) in [5, 5.41) is 6.09. The summed E-state index contributed by atoms with van der Waals surface area (Å²) >= 11 is 0. The van der Waals surface area contributed by atoms with Gasteiger partial charge in [0, 0.05) is 17.8 Å². The van der Waals surface area contributed by atoms with Gasteiger partial charge in [-0.2, -0.15) is 0 Å². The molecule has 1 amide bonds. The average Bonchev–Trinajstić information content (AvgIpc) is 2.99. The van der Waals surface area contributed by atoms with Gasteiger partial charge in [0.15, 0.2) is 9.84 Å². The normalized spacial score (nSPS) is 19.7. The van der Waals surface area contributed by atoms with Gasteiger partial charge < -0.3 is 10.1 Å². The van der Waals surface area contributed by atoms with E-state index in [1.54, 1.807) is 31.4 Å². The maximum atomic E-state index is 12.9. The second-order valence-corrected chi connectivity index (χ2v) is 8.56. The lowest BCUT2D eigenvalue weighted by Crippen LogP contribution is -2.40. The topological polar surface area (TPSA) is 84.5 Å². The zero-order valence-corrected chi connectivity index (χ0v) is 15.3. The molecule has 0 radical (unpaired) electrons. The van der Waals surface area contributed by atoms with Crippen molar-refractivity contribution in [3.05, 3.63) is 60.2 Å². The average molecular weight is 374 g/mol. The van der Waals surface area contributed by atoms with E-state index in [1.807, 2.05) is 30.3 Å². The van der Waals surface area contributed by atoms with Crippen molar-refractivity contribution in [3.8, 4) is 5.75 Å². The van der Waals surface area contributed by atoms with Crippen molar-refractivity contribution in [2.75, 3.05) is 23.9 Å². The Morgan fingerprint density at radius 2 is 1.92 bits per heavy atom. The van der Waals surface area contributed by atoms with Crippen molar-refractivity contribution in [1.29, 1.82) is 0 Å². The number of benzene rings is 2. The van der Waals surface area contributed by atoms with Crippen LogP contribution in [0.1, 0.15) is 18.0 Å². The van der Waals surface area contributed by atoms with E-state index in [-0.39, 0.29) is 23.5 Å². The molecule has 2 aromatic carbocycles. The van der Waals surface area contributed by atoms with Gasteiger partial charge in [-0.1, -0.05) is 36.4 Å². The van der Waals surface area contributed by atoms with Crippen LogP contribution in [-0.4, -0.2) is 39.0 Å². The number of sulfone groups is 1. The lowest BCUT2D eigenvalue weighted by Gasteiger charge is -2.22. The minimum Gasteiger partial charge on any atom is -0.497 e. The quantitative estimate of drug-likeness (QED) is 0.809. The standard InChI is InChI=1S/C19H22N2O4S/c1-25-17-9-5-8-15(12-17)21-19(22)18(14-6-3-2-4-7-14)20-16-10-11-26(23,24)13-16/h2-9,12,16,18,20H,10-11,13H2,1H3,(H,21,22)/t16-,18+/m0/s1. The molecule has 0 aliphatic carbocycles. The Morgan fingerprint density at radius 1 is 1.15 bits per heavy atom. The first kappa shape index (κ1) is 18.4. The molecule has 0 bridgehead atoms. The van der Waals surface area contributed by atoms with E-state index in [9.17, 15) is 13.2 Å². The predicted octanol–water partition coefficient (Wildman–Crippen LogP) is 2.15. The highest BCUT2D eigenvalue weighted by molar-refractivity contribution is 7.91. The number of nitrogens with one attached hydrogen (secondary N) is 2. The Labute approximate surface area is 153 Å². The lowest BCUT2D eigenvalue weighted by atomic mass is 10.0. The Bertz CT molecular complexity index is 868. The number of rotatable bonds is 6. The van der Waals surface area contributed by atoms with E-state index in [2.05, 4.69) is 10.6 Å². The second kappa shape index (κ2) is 7.88. The number of amides is 1. The summed E-state index contributed by atoms with van der Waals surface area (Å²) in [5.74, 6) is 0.620. The Hall–Kier alpha value is -2.38. The number of carbonyl (C=O) groups is 1. The summed E-state index contributed by atoms with van der Waals surface area (Å²) in [7, 11) is -1.46. The summed E-state index contributed by atoms with van der Waals surface area (Å²) in [4.78, 5) is 12.9. The van der Waals surface area contributed by atoms with Crippen LogP contribution < -0.4 is 15.4 Å². The highest BCUT2D eigenvalue weighted by Gasteiger charge is 2.32. The number of hydrogen-bond donors (Lipinski definition) is 2. The maximum Gasteiger partial charge on any atom is 0.246 e. The zero-order valence-electron chi connectivity index (χ0n) is 14.5. The van der Waals surface area contributed by atoms with Crippen LogP contribution in [0.3, 0.4) is 0 Å². The summed E-state index contributed by atoms with van der Waals surface area (Å²) in [6, 6.07) is 15.5. The van der Waals surface area contributed by atoms with Crippen LogP contribution in [0.2, 0.25) is 0 Å². The van der Waals surface area contributed by atoms with Gasteiger partial charge >= 0.3 is 0 Å². The molecule has 6 nitrogen and oxygen atoms in total. The molecule has 0 aromatic heterocycles. The molecule has 0 spiro atoms. The minimum absolute atomic E-state index is 0.0583. The molecule has 1 aliphatic rings. The molecule has 1 aliphatic heterocycles. The van der Waals surface area contributed by atoms with Gasteiger partial charge in [0.1, 0.15) is 11.8 Å². The molecule has 0 unspecified atom stereocenters. The summed E-state index contributed by atoms with van der Waals surface area (Å²) in [6.07, 6.45) is 0.512. The summed E-state index contributed by atoms with van der Waals surface area (Å²) in [5.41, 5.74) is 1.41. The molecule has 7 heteroatoms. The molecule has 138 valence electrons. The van der Waals surface area contributed by atoms with Crippen molar-refractivity contribution in [2.45, 2.75) is 18.5 Å². The van der Waals surface area contributed by atoms with E-state index in [0.29, 0.717) is 17.9 Å². The van der Waals surface area contributed by atoms with E-state index in [0.717, 1.165) is 5.56 Å². The SMILES string of the molecule is COc1cccc(NC(=O)[C@H](N[C@H]2CCS(=O)(=O)C2)c2ccccc2)c1. The Balaban J connectivity index is 1.79. The molecular formula is C19H22N2O4S. The summed E-state index contributed by atoms with van der Waals surface area (Å²) in [6.45, 7) is 0. The summed E-state index contributed by atoms with van der Waals surface area (Å²) < 4.78 is 28.7. The largest absolute Gasteiger partial charge is 0.497 e. The Kier molecular flexibility index (Phi) is 5.58. The number of ether oxygens (including phenoxy) is 1. The molecule has 26 heavy (non-hydrogen) atoms. The molecule has 2 aromatic rings. The molecule has 3 rings (SSSR count). The van der Waals surface area contributed by atoms with Crippen LogP contribution in [-0.2, 0) is 14.6 Å². The monoisotopic (exact) mass is 374 g/mol. The number of carbonyl (C=O) groups excluding carboxylic acids is 1. The van der Waals surface area contributed by atoms with Gasteiger partial charge in [-0.3, -0.25) is 10.1 Å². The van der Waals surface area contributed by atoms with Crippen molar-refractivity contribution >= 4 is 21.4 Å². The van der Waals surface area contributed by atoms with Gasteiger partial charge in [-0.15, -0.1) is 0 Å². The first-order valence-electron chi connectivity index (χ1n) is 8.43. The van der Waals surface area contributed by atoms with Crippen LogP contribution in [0.15, 0.2) is 54.6 Å². The lowest BCUT2D eigenvalue weighted by molar-refractivity contribution is -0.118. The maximum absolute atomic E-state index is 12.9. The smallest absolute Gasteiger partial charge is 0.246 e. The first-order valence-corrected chi connectivity index (χ1v) is 10.3. The van der Waals surface area contributed by atoms with Crippen LogP contribution in [0, 0.1) is 0 Å². The predicted molar refractivity (Wildman–Crippen MR) is 101 cm³/mol. The third-order valence-electron chi connectivity index (χ3n) is 4.37. The van der Waals surface area contributed by atoms with E-state index < -0.39 is 15.9 Å². The van der Waals surface area contributed by atoms with Crippen molar-refractivity contribution in [3.63, 3.8) is 0 Å². The molecule has 0 saturated carbocycles. The second-order valence-electron chi connectivity index (χ2n) is 6.33. The zero-order chi connectivity index (χ0) is 18.6. The third kappa shape index (κ3) is 4.62. The fraction of sp³-hybridized carbons (Fsp3) is 0.316. The van der Waals surface area contributed by atoms with Crippen LogP contribution in [0.25, 0.3) is 0 Å². The first-order chi connectivity index (χ1) is 12.5. The van der Waals surface area contributed by atoms with Gasteiger partial charge in [0.05, 0.1) is 18.6 Å². The van der Waals surface area contributed by atoms with E-state index in [1.165, 1.54) is 0 Å². The number of methoxy groups -OCH3 is 1. The van der Waals surface area contributed by atoms with Crippen molar-refractivity contribution < 1.29 is 17.9 Å². The molecular weight excluding hydrogens is 352 g/mol. The highest BCUT2D eigenvalue weighted by atomic mass is 32.2. The molecule has 2 N–H and O–H groups in total. The minimum atomic E-state index is -3.03. The van der Waals surface area contributed by atoms with Gasteiger partial charge in [0.25, 0.3) is 0 Å². The fourth-order valence-corrected chi connectivity index (χ4v) is 4.73. The fourth-order valence-electron chi connectivity index (χ4n) is 3.05. The van der Waals surface area contributed by atoms with Crippen LogP contribution >= 0.6 is 0 Å². The Morgan fingerprint density at radius 3 is 2.58 bits per heavy atom. The number of anilines is 1. The van der Waals surface area contributed by atoms with Crippen LogP contribution in [0.5, 0.6) is 5.75 Å². The third-order valence-corrected chi connectivity index (χ3v) is 6.14. The molecule has 1 saturated heterocycles. The van der Waals surface area contributed by atoms with Crippen molar-refractivity contribution in [2.24, 2.45) is 0 Å². The van der Waals surface area contributed by atoms with Gasteiger partial charge in [-0.05, 0) is 24.1 Å². The van der Waals surface area contributed by atoms with Gasteiger partial charge in [-0.25, -0.2) is 8.42 Å². The van der Waals surface area contributed by atoms with Gasteiger partial charge in [0.2, 0.25) is 5.91 Å². The highest BCUT2D eigenvalue weighted by Crippen LogP contribution is 2.22. The molecule has 1 fully saturated rings.